The first-order valence-electron chi connectivity index (χ1n) is 10.8. The molecule has 6 nitrogen and oxygen atoms in total. The van der Waals surface area contributed by atoms with Crippen LogP contribution in [0.4, 0.5) is 15.0 Å². The van der Waals surface area contributed by atoms with Crippen molar-refractivity contribution in [1.29, 1.82) is 0 Å². The lowest BCUT2D eigenvalue weighted by Crippen LogP contribution is -2.36. The number of anilines is 1. The van der Waals surface area contributed by atoms with E-state index in [1.165, 1.54) is 17.0 Å². The fraction of sp³-hybridized carbons (Fsp3) is 0.375. The summed E-state index contributed by atoms with van der Waals surface area (Å²) in [5, 5.41) is 12.4. The fourth-order valence-corrected chi connectivity index (χ4v) is 4.69. The largest absolute Gasteiger partial charge is 0.465 e. The molecule has 8 heteroatoms. The summed E-state index contributed by atoms with van der Waals surface area (Å²) in [5.74, 6) is 1.16. The molecule has 32 heavy (non-hydrogen) atoms. The van der Waals surface area contributed by atoms with E-state index >= 15 is 0 Å². The van der Waals surface area contributed by atoms with Crippen molar-refractivity contribution in [2.75, 3.05) is 24.5 Å². The average Bonchev–Trinajstić information content (AvgIpc) is 3.22. The summed E-state index contributed by atoms with van der Waals surface area (Å²) in [5.41, 5.74) is 2.54. The summed E-state index contributed by atoms with van der Waals surface area (Å²) < 4.78 is 13.2. The third kappa shape index (κ3) is 5.62. The van der Waals surface area contributed by atoms with Crippen molar-refractivity contribution in [3.05, 3.63) is 64.4 Å². The second-order valence-electron chi connectivity index (χ2n) is 8.17. The number of piperidine rings is 1. The van der Waals surface area contributed by atoms with Crippen molar-refractivity contribution in [2.45, 2.75) is 32.7 Å². The first-order chi connectivity index (χ1) is 15.5. The number of carboxylic acid groups (broad SMARTS) is 1. The van der Waals surface area contributed by atoms with Gasteiger partial charge in [0.15, 0.2) is 0 Å². The highest BCUT2D eigenvalue weighted by Gasteiger charge is 2.22. The van der Waals surface area contributed by atoms with Gasteiger partial charge in [-0.2, -0.15) is 0 Å². The van der Waals surface area contributed by atoms with Crippen molar-refractivity contribution in [3.63, 3.8) is 0 Å². The maximum atomic E-state index is 13.2. The molecule has 0 atom stereocenters. The SMILES string of the molecule is Cc1nc(CN(CCC2CCN(c3cccc(-c4ccc(F)cc4)n3)CC2)C(=O)O)cs1. The van der Waals surface area contributed by atoms with Gasteiger partial charge in [-0.05, 0) is 68.5 Å². The molecule has 0 saturated carbocycles. The van der Waals surface area contributed by atoms with Crippen molar-refractivity contribution in [3.8, 4) is 11.3 Å². The van der Waals surface area contributed by atoms with Crippen LogP contribution >= 0.6 is 11.3 Å². The van der Waals surface area contributed by atoms with Crippen molar-refractivity contribution in [2.24, 2.45) is 5.92 Å². The topological polar surface area (TPSA) is 69.6 Å². The van der Waals surface area contributed by atoms with E-state index in [0.717, 1.165) is 60.1 Å². The Balaban J connectivity index is 1.30. The van der Waals surface area contributed by atoms with Crippen LogP contribution in [0.3, 0.4) is 0 Å². The standard InChI is InChI=1S/C24H27FN4O2S/c1-17-26-21(16-32-17)15-29(24(30)31)14-11-18-9-12-28(13-10-18)23-4-2-3-22(27-23)19-5-7-20(25)8-6-19/h2-8,16,18H,9-15H2,1H3,(H,30,31). The van der Waals surface area contributed by atoms with Gasteiger partial charge in [0.25, 0.3) is 0 Å². The summed E-state index contributed by atoms with van der Waals surface area (Å²) in [6.07, 6.45) is 1.97. The molecule has 0 aliphatic carbocycles. The Morgan fingerprint density at radius 2 is 1.94 bits per heavy atom. The van der Waals surface area contributed by atoms with Crippen LogP contribution in [0.5, 0.6) is 0 Å². The number of nitrogens with zero attached hydrogens (tertiary/aromatic N) is 4. The zero-order chi connectivity index (χ0) is 22.5. The molecule has 0 spiro atoms. The van der Waals surface area contributed by atoms with Crippen LogP contribution in [0.1, 0.15) is 30.0 Å². The molecular weight excluding hydrogens is 427 g/mol. The van der Waals surface area contributed by atoms with Crippen LogP contribution in [0, 0.1) is 18.7 Å². The number of aryl methyl sites for hydroxylation is 1. The van der Waals surface area contributed by atoms with Gasteiger partial charge in [0.2, 0.25) is 0 Å². The van der Waals surface area contributed by atoms with Gasteiger partial charge in [0.05, 0.1) is 22.9 Å². The van der Waals surface area contributed by atoms with Gasteiger partial charge in [-0.25, -0.2) is 19.2 Å². The molecule has 0 unspecified atom stereocenters. The second kappa shape index (κ2) is 10.1. The van der Waals surface area contributed by atoms with E-state index in [9.17, 15) is 14.3 Å². The molecule has 0 bridgehead atoms. The van der Waals surface area contributed by atoms with E-state index in [4.69, 9.17) is 4.98 Å². The summed E-state index contributed by atoms with van der Waals surface area (Å²) >= 11 is 1.54. The van der Waals surface area contributed by atoms with E-state index in [2.05, 4.69) is 9.88 Å². The molecular formula is C24H27FN4O2S. The first-order valence-corrected chi connectivity index (χ1v) is 11.7. The molecule has 2 aromatic heterocycles. The zero-order valence-corrected chi connectivity index (χ0v) is 18.9. The molecule has 3 aromatic rings. The highest BCUT2D eigenvalue weighted by atomic mass is 32.1. The van der Waals surface area contributed by atoms with Crippen LogP contribution in [-0.4, -0.2) is 45.7 Å². The number of aromatic nitrogens is 2. The third-order valence-electron chi connectivity index (χ3n) is 5.91. The quantitative estimate of drug-likeness (QED) is 0.515. The fourth-order valence-electron chi connectivity index (χ4n) is 4.09. The number of carbonyl (C=O) groups is 1. The normalized spacial score (nSPS) is 14.5. The van der Waals surface area contributed by atoms with Crippen molar-refractivity contribution in [1.82, 2.24) is 14.9 Å². The van der Waals surface area contributed by atoms with E-state index in [0.29, 0.717) is 19.0 Å². The highest BCUT2D eigenvalue weighted by Crippen LogP contribution is 2.27. The Labute approximate surface area is 191 Å². The average molecular weight is 455 g/mol. The Kier molecular flexibility index (Phi) is 6.99. The van der Waals surface area contributed by atoms with E-state index in [-0.39, 0.29) is 5.82 Å². The highest BCUT2D eigenvalue weighted by molar-refractivity contribution is 7.09. The number of halogens is 1. The van der Waals surface area contributed by atoms with Crippen molar-refractivity contribution < 1.29 is 14.3 Å². The van der Waals surface area contributed by atoms with Crippen LogP contribution < -0.4 is 4.90 Å². The van der Waals surface area contributed by atoms with Gasteiger partial charge in [-0.15, -0.1) is 11.3 Å². The lowest BCUT2D eigenvalue weighted by atomic mass is 9.93. The van der Waals surface area contributed by atoms with Gasteiger partial charge >= 0.3 is 6.09 Å². The molecule has 0 radical (unpaired) electrons. The molecule has 1 fully saturated rings. The maximum Gasteiger partial charge on any atom is 0.407 e. The summed E-state index contributed by atoms with van der Waals surface area (Å²) in [6, 6.07) is 12.3. The molecule has 1 amide bonds. The minimum atomic E-state index is -0.894. The predicted molar refractivity (Wildman–Crippen MR) is 124 cm³/mol. The monoisotopic (exact) mass is 454 g/mol. The molecule has 1 saturated heterocycles. The lowest BCUT2D eigenvalue weighted by molar-refractivity contribution is 0.137. The van der Waals surface area contributed by atoms with Crippen LogP contribution in [0.2, 0.25) is 0 Å². The molecule has 1 aliphatic heterocycles. The Morgan fingerprint density at radius 1 is 1.19 bits per heavy atom. The number of rotatable bonds is 7. The smallest absolute Gasteiger partial charge is 0.407 e. The molecule has 168 valence electrons. The van der Waals surface area contributed by atoms with Gasteiger partial charge < -0.3 is 14.9 Å². The molecule has 1 aliphatic rings. The molecule has 3 heterocycles. The number of benzene rings is 1. The maximum absolute atomic E-state index is 13.2. The van der Waals surface area contributed by atoms with E-state index < -0.39 is 6.09 Å². The van der Waals surface area contributed by atoms with Crippen LogP contribution in [-0.2, 0) is 6.54 Å². The molecule has 1 N–H and O–H groups in total. The van der Waals surface area contributed by atoms with E-state index in [1.807, 2.05) is 30.5 Å². The second-order valence-corrected chi connectivity index (χ2v) is 9.23. The lowest BCUT2D eigenvalue weighted by Gasteiger charge is -2.33. The van der Waals surface area contributed by atoms with Crippen molar-refractivity contribution >= 4 is 23.2 Å². The number of pyridine rings is 1. The molecule has 4 rings (SSSR count). The number of hydrogen-bond donors (Lipinski definition) is 1. The third-order valence-corrected chi connectivity index (χ3v) is 6.73. The Morgan fingerprint density at radius 3 is 2.59 bits per heavy atom. The summed E-state index contributed by atoms with van der Waals surface area (Å²) in [4.78, 5) is 24.6. The zero-order valence-electron chi connectivity index (χ0n) is 18.1. The van der Waals surface area contributed by atoms with Gasteiger partial charge in [0, 0.05) is 30.6 Å². The first kappa shape index (κ1) is 22.2. The number of thiazole rings is 1. The number of amides is 1. The van der Waals surface area contributed by atoms with Gasteiger partial charge in [0.1, 0.15) is 11.6 Å². The summed E-state index contributed by atoms with van der Waals surface area (Å²) in [7, 11) is 0. The van der Waals surface area contributed by atoms with E-state index in [1.54, 1.807) is 23.5 Å². The minimum Gasteiger partial charge on any atom is -0.465 e. The Bertz CT molecular complexity index is 1050. The minimum absolute atomic E-state index is 0.255. The Hall–Kier alpha value is -3.00. The van der Waals surface area contributed by atoms with Crippen LogP contribution in [0.25, 0.3) is 11.3 Å². The van der Waals surface area contributed by atoms with Gasteiger partial charge in [-0.3, -0.25) is 0 Å². The van der Waals surface area contributed by atoms with Crippen LogP contribution in [0.15, 0.2) is 47.8 Å². The summed E-state index contributed by atoms with van der Waals surface area (Å²) in [6.45, 7) is 4.58. The number of hydrogen-bond acceptors (Lipinski definition) is 5. The molecule has 1 aromatic carbocycles. The predicted octanol–water partition coefficient (Wildman–Crippen LogP) is 5.44. The van der Waals surface area contributed by atoms with Gasteiger partial charge in [-0.1, -0.05) is 6.07 Å².